The molecule has 2 heterocycles. The number of aryl methyl sites for hydroxylation is 1. The van der Waals surface area contributed by atoms with E-state index in [-0.39, 0.29) is 0 Å². The van der Waals surface area contributed by atoms with E-state index in [4.69, 9.17) is 0 Å². The molecule has 0 aromatic carbocycles. The van der Waals surface area contributed by atoms with Gasteiger partial charge in [-0.3, -0.25) is 4.99 Å². The summed E-state index contributed by atoms with van der Waals surface area (Å²) in [7, 11) is 0. The number of fused-ring (bicyclic) bond motifs is 1. The van der Waals surface area contributed by atoms with Crippen LogP contribution in [0, 0.1) is 0 Å². The van der Waals surface area contributed by atoms with Crippen molar-refractivity contribution in [3.05, 3.63) is 23.5 Å². The topological polar surface area (TPSA) is 37.3 Å². The number of rotatable bonds is 1. The molecule has 3 heteroatoms. The van der Waals surface area contributed by atoms with Crippen molar-refractivity contribution < 1.29 is 0 Å². The maximum atomic E-state index is 4.42. The van der Waals surface area contributed by atoms with Crippen molar-refractivity contribution in [2.45, 2.75) is 27.2 Å². The van der Waals surface area contributed by atoms with Crippen LogP contribution < -0.4 is 5.32 Å². The fourth-order valence-electron chi connectivity index (χ4n) is 1.22. The van der Waals surface area contributed by atoms with E-state index in [9.17, 15) is 0 Å². The molecule has 0 saturated carbocycles. The first-order chi connectivity index (χ1) is 6.90. The number of pyridine rings is 1. The Balaban J connectivity index is 0.000000461. The van der Waals surface area contributed by atoms with E-state index in [1.807, 2.05) is 26.1 Å². The summed E-state index contributed by atoms with van der Waals surface area (Å²) in [6.07, 6.45) is 2.80. The van der Waals surface area contributed by atoms with Crippen LogP contribution >= 0.6 is 0 Å². The summed E-state index contributed by atoms with van der Waals surface area (Å²) < 4.78 is 0. The highest BCUT2D eigenvalue weighted by Crippen LogP contribution is 2.14. The first-order valence-corrected chi connectivity index (χ1v) is 5.14. The van der Waals surface area contributed by atoms with E-state index >= 15 is 0 Å². The Morgan fingerprint density at radius 1 is 1.36 bits per heavy atom. The lowest BCUT2D eigenvalue weighted by atomic mass is 10.2. The van der Waals surface area contributed by atoms with Gasteiger partial charge >= 0.3 is 0 Å². The van der Waals surface area contributed by atoms with E-state index in [1.54, 1.807) is 0 Å². The monoisotopic (exact) mass is 191 g/mol. The summed E-state index contributed by atoms with van der Waals surface area (Å²) in [6.45, 7) is 6.77. The summed E-state index contributed by atoms with van der Waals surface area (Å²) in [5.74, 6) is 0. The van der Waals surface area contributed by atoms with Crippen LogP contribution in [0.4, 0.5) is 5.69 Å². The van der Waals surface area contributed by atoms with Crippen molar-refractivity contribution in [1.29, 1.82) is 0 Å². The Morgan fingerprint density at radius 3 is 2.86 bits per heavy atom. The number of anilines is 1. The van der Waals surface area contributed by atoms with Gasteiger partial charge in [-0.15, -0.1) is 0 Å². The summed E-state index contributed by atoms with van der Waals surface area (Å²) in [5, 5.41) is 3.15. The second-order valence-corrected chi connectivity index (χ2v) is 2.74. The molecule has 76 valence electrons. The van der Waals surface area contributed by atoms with Gasteiger partial charge in [0.25, 0.3) is 0 Å². The van der Waals surface area contributed by atoms with Crippen LogP contribution in [0.15, 0.2) is 17.1 Å². The van der Waals surface area contributed by atoms with Crippen molar-refractivity contribution in [2.75, 3.05) is 12.0 Å². The van der Waals surface area contributed by atoms with E-state index < -0.39 is 0 Å². The standard InChI is InChI=1S/C9H11N3.C2H6/c1-2-7-3-4-8-9(12-7)5-10-6-11-8;1-2/h3-5,11H,2,6H2,1H3;1-2H3. The van der Waals surface area contributed by atoms with Gasteiger partial charge in [-0.2, -0.15) is 0 Å². The summed E-state index contributed by atoms with van der Waals surface area (Å²) in [4.78, 5) is 8.52. The Labute approximate surface area is 85.3 Å². The lowest BCUT2D eigenvalue weighted by Crippen LogP contribution is -2.10. The maximum absolute atomic E-state index is 4.42. The summed E-state index contributed by atoms with van der Waals surface area (Å²) in [6, 6.07) is 4.11. The minimum absolute atomic E-state index is 0.667. The quantitative estimate of drug-likeness (QED) is 0.740. The highest BCUT2D eigenvalue weighted by atomic mass is 15.0. The average Bonchev–Trinajstić information content (AvgIpc) is 2.31. The lowest BCUT2D eigenvalue weighted by Gasteiger charge is -2.11. The molecule has 1 aromatic rings. The third-order valence-corrected chi connectivity index (χ3v) is 1.92. The molecule has 0 fully saturated rings. The minimum Gasteiger partial charge on any atom is -0.364 e. The van der Waals surface area contributed by atoms with Crippen molar-refractivity contribution in [2.24, 2.45) is 4.99 Å². The van der Waals surface area contributed by atoms with E-state index in [0.29, 0.717) is 6.67 Å². The van der Waals surface area contributed by atoms with Gasteiger partial charge in [0.1, 0.15) is 12.4 Å². The zero-order valence-corrected chi connectivity index (χ0v) is 9.04. The molecule has 0 saturated heterocycles. The zero-order chi connectivity index (χ0) is 10.4. The predicted molar refractivity (Wildman–Crippen MR) is 61.0 cm³/mol. The number of hydrogen-bond acceptors (Lipinski definition) is 3. The second kappa shape index (κ2) is 5.37. The van der Waals surface area contributed by atoms with Gasteiger partial charge in [-0.1, -0.05) is 20.8 Å². The molecule has 1 aliphatic heterocycles. The summed E-state index contributed by atoms with van der Waals surface area (Å²) >= 11 is 0. The molecule has 1 N–H and O–H groups in total. The Morgan fingerprint density at radius 2 is 2.14 bits per heavy atom. The molecule has 3 nitrogen and oxygen atoms in total. The van der Waals surface area contributed by atoms with E-state index in [2.05, 4.69) is 28.3 Å². The number of nitrogens with zero attached hydrogens (tertiary/aromatic N) is 2. The molecule has 2 rings (SSSR count). The fourth-order valence-corrected chi connectivity index (χ4v) is 1.22. The van der Waals surface area contributed by atoms with Gasteiger partial charge in [0.15, 0.2) is 0 Å². The van der Waals surface area contributed by atoms with Crippen molar-refractivity contribution >= 4 is 11.9 Å². The number of aliphatic imine (C=N–C) groups is 1. The second-order valence-electron chi connectivity index (χ2n) is 2.74. The lowest BCUT2D eigenvalue weighted by molar-refractivity contribution is 1.01. The Hall–Kier alpha value is -1.38. The molecule has 0 bridgehead atoms. The third-order valence-electron chi connectivity index (χ3n) is 1.92. The van der Waals surface area contributed by atoms with E-state index in [1.165, 1.54) is 0 Å². The van der Waals surface area contributed by atoms with Gasteiger partial charge in [-0.05, 0) is 18.6 Å². The van der Waals surface area contributed by atoms with Gasteiger partial charge in [-0.25, -0.2) is 4.98 Å². The molecule has 0 spiro atoms. The predicted octanol–water partition coefficient (Wildman–Crippen LogP) is 2.47. The smallest absolute Gasteiger partial charge is 0.107 e. The number of aromatic nitrogens is 1. The normalized spacial score (nSPS) is 12.2. The molecular formula is C11H17N3. The zero-order valence-electron chi connectivity index (χ0n) is 9.04. The molecule has 1 aliphatic rings. The first kappa shape index (κ1) is 10.7. The van der Waals surface area contributed by atoms with Gasteiger partial charge < -0.3 is 5.32 Å². The third kappa shape index (κ3) is 2.31. The maximum Gasteiger partial charge on any atom is 0.107 e. The molecule has 0 amide bonds. The SMILES string of the molecule is CC.CCc1ccc2c(n1)C=NCN2. The average molecular weight is 191 g/mol. The molecule has 0 aliphatic carbocycles. The van der Waals surface area contributed by atoms with Crippen LogP contribution in [0.25, 0.3) is 0 Å². The minimum atomic E-state index is 0.667. The molecule has 1 aromatic heterocycles. The molecule has 14 heavy (non-hydrogen) atoms. The molecule has 0 atom stereocenters. The van der Waals surface area contributed by atoms with Crippen molar-refractivity contribution in [1.82, 2.24) is 4.98 Å². The Kier molecular flexibility index (Phi) is 4.11. The van der Waals surface area contributed by atoms with Gasteiger partial charge in [0, 0.05) is 5.69 Å². The number of nitrogens with one attached hydrogen (secondary N) is 1. The molecular weight excluding hydrogens is 174 g/mol. The van der Waals surface area contributed by atoms with Gasteiger partial charge in [0.05, 0.1) is 11.9 Å². The highest BCUT2D eigenvalue weighted by molar-refractivity contribution is 5.86. The summed E-state index contributed by atoms with van der Waals surface area (Å²) in [5.41, 5.74) is 3.16. The van der Waals surface area contributed by atoms with Crippen LogP contribution in [0.2, 0.25) is 0 Å². The van der Waals surface area contributed by atoms with Crippen LogP contribution in [-0.4, -0.2) is 17.9 Å². The van der Waals surface area contributed by atoms with Gasteiger partial charge in [0.2, 0.25) is 0 Å². The molecule has 0 unspecified atom stereocenters. The fraction of sp³-hybridized carbons (Fsp3) is 0.455. The highest BCUT2D eigenvalue weighted by Gasteiger charge is 2.04. The van der Waals surface area contributed by atoms with Crippen LogP contribution in [0.1, 0.15) is 32.2 Å². The van der Waals surface area contributed by atoms with Crippen LogP contribution in [0.5, 0.6) is 0 Å². The van der Waals surface area contributed by atoms with Crippen LogP contribution in [-0.2, 0) is 6.42 Å². The van der Waals surface area contributed by atoms with Crippen molar-refractivity contribution in [3.63, 3.8) is 0 Å². The Bertz CT molecular complexity index is 318. The van der Waals surface area contributed by atoms with E-state index in [0.717, 1.165) is 23.5 Å². The first-order valence-electron chi connectivity index (χ1n) is 5.14. The number of hydrogen-bond donors (Lipinski definition) is 1. The molecule has 0 radical (unpaired) electrons. The van der Waals surface area contributed by atoms with Crippen LogP contribution in [0.3, 0.4) is 0 Å². The van der Waals surface area contributed by atoms with Crippen molar-refractivity contribution in [3.8, 4) is 0 Å². The largest absolute Gasteiger partial charge is 0.364 e.